The average molecular weight is 355 g/mol. The van der Waals surface area contributed by atoms with Crippen molar-refractivity contribution in [3.8, 4) is 11.1 Å². The smallest absolute Gasteiger partial charge is 0.163 e. The molecule has 0 spiro atoms. The lowest BCUT2D eigenvalue weighted by atomic mass is 9.93. The van der Waals surface area contributed by atoms with Gasteiger partial charge >= 0.3 is 0 Å². The standard InChI is InChI=1S/C26H28N/c1-4-11-22-21-15-9-10-16-23(21)26-24(20-13-7-6-8-14-20)17-19(3)18-27(26)25(22)12-5-2/h6-10,13-18H,4-5,11-12H2,1-3H3/q+1. The molecule has 4 aromatic rings. The molecule has 4 rings (SSSR count). The van der Waals surface area contributed by atoms with E-state index < -0.39 is 0 Å². The number of fused-ring (bicyclic) bond motifs is 3. The molecule has 1 heteroatoms. The van der Waals surface area contributed by atoms with E-state index in [0.29, 0.717) is 0 Å². The lowest BCUT2D eigenvalue weighted by molar-refractivity contribution is -0.521. The lowest BCUT2D eigenvalue weighted by Gasteiger charge is -2.14. The summed E-state index contributed by atoms with van der Waals surface area (Å²) in [5.41, 5.74) is 8.26. The van der Waals surface area contributed by atoms with E-state index in [1.165, 1.54) is 50.7 Å². The molecule has 0 aliphatic rings. The molecule has 0 saturated carbocycles. The van der Waals surface area contributed by atoms with Crippen molar-refractivity contribution in [2.24, 2.45) is 0 Å². The number of rotatable bonds is 5. The second-order valence-corrected chi connectivity index (χ2v) is 7.49. The maximum absolute atomic E-state index is 2.49. The van der Waals surface area contributed by atoms with Crippen LogP contribution in [0.4, 0.5) is 0 Å². The Morgan fingerprint density at radius 1 is 0.778 bits per heavy atom. The minimum atomic E-state index is 1.11. The summed E-state index contributed by atoms with van der Waals surface area (Å²) in [7, 11) is 0. The Hall–Kier alpha value is -2.67. The normalized spacial score (nSPS) is 11.4. The maximum atomic E-state index is 2.49. The Balaban J connectivity index is 2.22. The summed E-state index contributed by atoms with van der Waals surface area (Å²) in [6.07, 6.45) is 6.90. The SMILES string of the molecule is CCCc1c(CCC)[n+]2cc(C)cc(-c3ccccc3)c2c2ccccc12. The highest BCUT2D eigenvalue weighted by molar-refractivity contribution is 6.02. The van der Waals surface area contributed by atoms with E-state index in [1.54, 1.807) is 0 Å². The van der Waals surface area contributed by atoms with Crippen molar-refractivity contribution in [2.75, 3.05) is 0 Å². The molecule has 0 unspecified atom stereocenters. The largest absolute Gasteiger partial charge is 0.226 e. The van der Waals surface area contributed by atoms with Crippen LogP contribution in [0.2, 0.25) is 0 Å². The molecule has 27 heavy (non-hydrogen) atoms. The summed E-state index contributed by atoms with van der Waals surface area (Å²) in [6, 6.07) is 22.1. The monoisotopic (exact) mass is 354 g/mol. The summed E-state index contributed by atoms with van der Waals surface area (Å²) in [6.45, 7) is 6.78. The summed E-state index contributed by atoms with van der Waals surface area (Å²) in [4.78, 5) is 0. The summed E-state index contributed by atoms with van der Waals surface area (Å²) in [5, 5.41) is 2.78. The quantitative estimate of drug-likeness (QED) is 0.286. The van der Waals surface area contributed by atoms with Gasteiger partial charge in [-0.25, -0.2) is 0 Å². The average Bonchev–Trinajstić information content (AvgIpc) is 2.70. The number of benzene rings is 2. The topological polar surface area (TPSA) is 4.10 Å². The predicted octanol–water partition coefficient (Wildman–Crippen LogP) is 6.46. The third kappa shape index (κ3) is 3.12. The van der Waals surface area contributed by atoms with E-state index in [-0.39, 0.29) is 0 Å². The van der Waals surface area contributed by atoms with Gasteiger partial charge in [-0.2, -0.15) is 4.40 Å². The highest BCUT2D eigenvalue weighted by Crippen LogP contribution is 2.32. The maximum Gasteiger partial charge on any atom is 0.226 e. The van der Waals surface area contributed by atoms with E-state index >= 15 is 0 Å². The molecule has 1 nitrogen and oxygen atoms in total. The van der Waals surface area contributed by atoms with Gasteiger partial charge < -0.3 is 0 Å². The van der Waals surface area contributed by atoms with Gasteiger partial charge in [0.15, 0.2) is 11.9 Å². The van der Waals surface area contributed by atoms with Crippen LogP contribution in [0.15, 0.2) is 66.9 Å². The molecule has 2 aromatic heterocycles. The Kier molecular flexibility index (Phi) is 4.94. The van der Waals surface area contributed by atoms with Crippen LogP contribution in [-0.2, 0) is 12.8 Å². The molecule has 0 amide bonds. The molecule has 0 bridgehead atoms. The molecular formula is C26H28N+. The molecule has 0 saturated heterocycles. The van der Waals surface area contributed by atoms with Crippen LogP contribution < -0.4 is 4.40 Å². The van der Waals surface area contributed by atoms with Crippen molar-refractivity contribution in [3.05, 3.63) is 83.7 Å². The van der Waals surface area contributed by atoms with Crippen LogP contribution in [0.5, 0.6) is 0 Å². The van der Waals surface area contributed by atoms with E-state index in [0.717, 1.165) is 19.3 Å². The summed E-state index contributed by atoms with van der Waals surface area (Å²) in [5.74, 6) is 0. The minimum Gasteiger partial charge on any atom is -0.163 e. The van der Waals surface area contributed by atoms with Crippen LogP contribution in [0, 0.1) is 6.92 Å². The molecule has 0 atom stereocenters. The van der Waals surface area contributed by atoms with Gasteiger partial charge in [0, 0.05) is 17.5 Å². The van der Waals surface area contributed by atoms with Crippen LogP contribution in [-0.4, -0.2) is 0 Å². The zero-order chi connectivity index (χ0) is 18.8. The molecule has 0 radical (unpaired) electrons. The van der Waals surface area contributed by atoms with Crippen molar-refractivity contribution >= 4 is 16.3 Å². The second-order valence-electron chi connectivity index (χ2n) is 7.49. The highest BCUT2D eigenvalue weighted by Gasteiger charge is 2.24. The molecule has 0 aliphatic heterocycles. The fraction of sp³-hybridized carbons (Fsp3) is 0.269. The first-order valence-corrected chi connectivity index (χ1v) is 10.2. The first kappa shape index (κ1) is 17.7. The molecule has 0 aliphatic carbocycles. The van der Waals surface area contributed by atoms with Gasteiger partial charge in [-0.1, -0.05) is 68.8 Å². The third-order valence-electron chi connectivity index (χ3n) is 5.42. The van der Waals surface area contributed by atoms with Gasteiger partial charge in [-0.15, -0.1) is 0 Å². The van der Waals surface area contributed by atoms with Crippen LogP contribution in [0.3, 0.4) is 0 Å². The fourth-order valence-electron chi connectivity index (χ4n) is 4.35. The Bertz CT molecular complexity index is 1090. The van der Waals surface area contributed by atoms with Crippen molar-refractivity contribution < 1.29 is 4.40 Å². The lowest BCUT2D eigenvalue weighted by Crippen LogP contribution is -2.31. The number of nitrogens with zero attached hydrogens (tertiary/aromatic N) is 1. The molecule has 136 valence electrons. The number of aryl methyl sites for hydroxylation is 3. The molecule has 0 N–H and O–H groups in total. The Morgan fingerprint density at radius 3 is 2.15 bits per heavy atom. The van der Waals surface area contributed by atoms with Gasteiger partial charge in [-0.3, -0.25) is 0 Å². The highest BCUT2D eigenvalue weighted by atomic mass is 14.9. The number of aromatic nitrogens is 1. The third-order valence-corrected chi connectivity index (χ3v) is 5.42. The van der Waals surface area contributed by atoms with Crippen molar-refractivity contribution in [2.45, 2.75) is 46.5 Å². The first-order chi connectivity index (χ1) is 13.2. The number of hydrogen-bond donors (Lipinski definition) is 0. The van der Waals surface area contributed by atoms with Crippen molar-refractivity contribution in [1.29, 1.82) is 0 Å². The van der Waals surface area contributed by atoms with E-state index in [4.69, 9.17) is 0 Å². The molecule has 2 aromatic carbocycles. The van der Waals surface area contributed by atoms with Gasteiger partial charge in [0.25, 0.3) is 0 Å². The second kappa shape index (κ2) is 7.52. The Labute approximate surface area is 162 Å². The van der Waals surface area contributed by atoms with E-state index in [2.05, 4.69) is 92.0 Å². The molecular weight excluding hydrogens is 326 g/mol. The molecule has 2 heterocycles. The van der Waals surface area contributed by atoms with Crippen LogP contribution in [0.1, 0.15) is 43.5 Å². The summed E-state index contributed by atoms with van der Waals surface area (Å²) >= 11 is 0. The fourth-order valence-corrected chi connectivity index (χ4v) is 4.35. The number of pyridine rings is 2. The van der Waals surface area contributed by atoms with Crippen molar-refractivity contribution in [3.63, 3.8) is 0 Å². The van der Waals surface area contributed by atoms with Gasteiger partial charge in [0.05, 0.1) is 10.9 Å². The van der Waals surface area contributed by atoms with Crippen LogP contribution >= 0.6 is 0 Å². The zero-order valence-corrected chi connectivity index (χ0v) is 16.6. The van der Waals surface area contributed by atoms with E-state index in [9.17, 15) is 0 Å². The Morgan fingerprint density at radius 2 is 1.44 bits per heavy atom. The summed E-state index contributed by atoms with van der Waals surface area (Å²) < 4.78 is 2.49. The van der Waals surface area contributed by atoms with E-state index in [1.807, 2.05) is 0 Å². The van der Waals surface area contributed by atoms with Gasteiger partial charge in [-0.05, 0) is 42.8 Å². The predicted molar refractivity (Wildman–Crippen MR) is 115 cm³/mol. The van der Waals surface area contributed by atoms with Crippen LogP contribution in [0.25, 0.3) is 27.4 Å². The zero-order valence-electron chi connectivity index (χ0n) is 16.6. The first-order valence-electron chi connectivity index (χ1n) is 10.2. The number of hydrogen-bond acceptors (Lipinski definition) is 0. The molecule has 0 fully saturated rings. The van der Waals surface area contributed by atoms with Gasteiger partial charge in [0.2, 0.25) is 5.52 Å². The van der Waals surface area contributed by atoms with Gasteiger partial charge in [0.1, 0.15) is 0 Å². The minimum absolute atomic E-state index is 1.11. The van der Waals surface area contributed by atoms with Crippen molar-refractivity contribution in [1.82, 2.24) is 0 Å².